The van der Waals surface area contributed by atoms with E-state index in [4.69, 9.17) is 0 Å². The molecule has 0 amide bonds. The van der Waals surface area contributed by atoms with E-state index in [0.717, 1.165) is 11.4 Å². The summed E-state index contributed by atoms with van der Waals surface area (Å²) >= 11 is 0. The number of nitriles is 2. The van der Waals surface area contributed by atoms with Crippen molar-refractivity contribution in [3.05, 3.63) is 138 Å². The Bertz CT molecular complexity index is 1640. The first-order valence-corrected chi connectivity index (χ1v) is 14.7. The van der Waals surface area contributed by atoms with E-state index in [1.54, 1.807) is 18.2 Å². The van der Waals surface area contributed by atoms with Gasteiger partial charge in [-0.05, 0) is 58.9 Å². The van der Waals surface area contributed by atoms with E-state index < -0.39 is 8.07 Å². The Morgan fingerprint density at radius 3 is 1.42 bits per heavy atom. The van der Waals surface area contributed by atoms with E-state index in [2.05, 4.69) is 128 Å². The molecule has 38 heavy (non-hydrogen) atoms. The van der Waals surface area contributed by atoms with Gasteiger partial charge in [-0.3, -0.25) is 0 Å². The van der Waals surface area contributed by atoms with Gasteiger partial charge in [0.2, 0.25) is 0 Å². The summed E-state index contributed by atoms with van der Waals surface area (Å²) in [6, 6.07) is 45.0. The predicted octanol–water partition coefficient (Wildman–Crippen LogP) is 5.21. The molecule has 0 saturated heterocycles. The smallest absolute Gasteiger partial charge is 0.184 e. The van der Waals surface area contributed by atoms with Crippen LogP contribution in [0.25, 0.3) is 0 Å². The average Bonchev–Trinajstić information content (AvgIpc) is 2.96. The van der Waals surface area contributed by atoms with Crippen molar-refractivity contribution in [1.29, 1.82) is 10.5 Å². The Kier molecular flexibility index (Phi) is 5.69. The van der Waals surface area contributed by atoms with Crippen LogP contribution < -0.4 is 25.6 Å². The first kappa shape index (κ1) is 23.5. The van der Waals surface area contributed by atoms with E-state index in [-0.39, 0.29) is 0 Å². The molecule has 6 rings (SSSR count). The number of aryl methyl sites for hydroxylation is 2. The molecule has 0 aliphatic carbocycles. The Morgan fingerprint density at radius 2 is 1.00 bits per heavy atom. The SMILES string of the molecule is Cc1ccc2c(c1)[Si](c1ccccc1)(c1ccccc1)c1cc(C)ccc1N2c1c(C#N)cccc1C#N. The van der Waals surface area contributed by atoms with Crippen LogP contribution in [0.1, 0.15) is 22.3 Å². The van der Waals surface area contributed by atoms with Crippen molar-refractivity contribution >= 4 is 45.9 Å². The molecule has 1 aliphatic heterocycles. The maximum atomic E-state index is 10.1. The molecule has 0 saturated carbocycles. The second kappa shape index (κ2) is 9.20. The van der Waals surface area contributed by atoms with Crippen molar-refractivity contribution in [2.75, 3.05) is 4.90 Å². The lowest BCUT2D eigenvalue weighted by molar-refractivity contribution is 1.25. The summed E-state index contributed by atoms with van der Waals surface area (Å²) in [6.07, 6.45) is 0. The van der Waals surface area contributed by atoms with Crippen LogP contribution in [0.2, 0.25) is 0 Å². The fourth-order valence-electron chi connectivity index (χ4n) is 5.94. The lowest BCUT2D eigenvalue weighted by Gasteiger charge is -2.45. The number of hydrogen-bond acceptors (Lipinski definition) is 3. The molecule has 0 bridgehead atoms. The standard InChI is InChI=1S/C34H25N3Si/c1-24-16-18-30-32(20-24)38(28-12-5-3-6-13-28,29-14-7-4-8-15-29)33-21-25(2)17-19-31(33)37(30)34-26(22-35)10-9-11-27(34)23-36/h3-21H,1-2H3. The molecule has 0 N–H and O–H groups in total. The third kappa shape index (κ3) is 3.39. The normalized spacial score (nSPS) is 13.1. The molecular weight excluding hydrogens is 478 g/mol. The van der Waals surface area contributed by atoms with Gasteiger partial charge in [0.15, 0.2) is 8.07 Å². The maximum Gasteiger partial charge on any atom is 0.184 e. The van der Waals surface area contributed by atoms with Crippen LogP contribution in [-0.4, -0.2) is 8.07 Å². The van der Waals surface area contributed by atoms with Gasteiger partial charge in [0.25, 0.3) is 0 Å². The summed E-state index contributed by atoms with van der Waals surface area (Å²) in [5.41, 5.74) is 5.99. The molecule has 180 valence electrons. The Balaban J connectivity index is 1.84. The summed E-state index contributed by atoms with van der Waals surface area (Å²) in [4.78, 5) is 2.15. The largest absolute Gasteiger partial charge is 0.308 e. The second-order valence-electron chi connectivity index (χ2n) is 9.78. The van der Waals surface area contributed by atoms with Gasteiger partial charge in [0.1, 0.15) is 12.1 Å². The quantitative estimate of drug-likeness (QED) is 0.312. The van der Waals surface area contributed by atoms with Crippen molar-refractivity contribution in [3.8, 4) is 12.1 Å². The summed E-state index contributed by atoms with van der Waals surface area (Å²) in [6.45, 7) is 4.27. The molecule has 0 unspecified atom stereocenters. The highest BCUT2D eigenvalue weighted by Crippen LogP contribution is 2.41. The molecule has 0 aromatic heterocycles. The van der Waals surface area contributed by atoms with Gasteiger partial charge in [-0.2, -0.15) is 10.5 Å². The van der Waals surface area contributed by atoms with Gasteiger partial charge >= 0.3 is 0 Å². The Morgan fingerprint density at radius 1 is 0.553 bits per heavy atom. The van der Waals surface area contributed by atoms with Gasteiger partial charge in [0.05, 0.1) is 16.8 Å². The fraction of sp³-hybridized carbons (Fsp3) is 0.0588. The highest BCUT2D eigenvalue weighted by atomic mass is 28.3. The van der Waals surface area contributed by atoms with Gasteiger partial charge < -0.3 is 4.90 Å². The van der Waals surface area contributed by atoms with Crippen LogP contribution in [0, 0.1) is 36.5 Å². The third-order valence-corrected chi connectivity index (χ3v) is 12.3. The number of hydrogen-bond donors (Lipinski definition) is 0. The van der Waals surface area contributed by atoms with Crippen LogP contribution >= 0.6 is 0 Å². The minimum atomic E-state index is -2.78. The van der Waals surface area contributed by atoms with Gasteiger partial charge in [0, 0.05) is 11.4 Å². The van der Waals surface area contributed by atoms with Crippen molar-refractivity contribution in [2.45, 2.75) is 13.8 Å². The number of fused-ring (bicyclic) bond motifs is 2. The highest BCUT2D eigenvalue weighted by Gasteiger charge is 2.49. The molecule has 5 aromatic carbocycles. The molecule has 4 heteroatoms. The second-order valence-corrected chi connectivity index (χ2v) is 13.5. The molecule has 1 aliphatic rings. The lowest BCUT2D eigenvalue weighted by Crippen LogP contribution is -2.77. The molecule has 0 radical (unpaired) electrons. The number of benzene rings is 5. The highest BCUT2D eigenvalue weighted by molar-refractivity contribution is 7.21. The number of nitrogens with zero attached hydrogens (tertiary/aromatic N) is 3. The molecule has 0 atom stereocenters. The predicted molar refractivity (Wildman–Crippen MR) is 157 cm³/mol. The van der Waals surface area contributed by atoms with E-state index in [1.165, 1.54) is 31.9 Å². The number of anilines is 3. The van der Waals surface area contributed by atoms with Crippen molar-refractivity contribution in [2.24, 2.45) is 0 Å². The topological polar surface area (TPSA) is 50.8 Å². The van der Waals surface area contributed by atoms with E-state index in [9.17, 15) is 10.5 Å². The first-order chi connectivity index (χ1) is 18.6. The minimum Gasteiger partial charge on any atom is -0.308 e. The summed E-state index contributed by atoms with van der Waals surface area (Å²) in [7, 11) is -2.78. The summed E-state index contributed by atoms with van der Waals surface area (Å²) in [5, 5.41) is 25.4. The van der Waals surface area contributed by atoms with Crippen LogP contribution in [0.3, 0.4) is 0 Å². The molecule has 3 nitrogen and oxygen atoms in total. The third-order valence-electron chi connectivity index (χ3n) is 7.51. The molecule has 0 fully saturated rings. The number of rotatable bonds is 3. The van der Waals surface area contributed by atoms with E-state index in [0.29, 0.717) is 16.8 Å². The zero-order chi connectivity index (χ0) is 26.3. The van der Waals surface area contributed by atoms with Crippen LogP contribution in [0.15, 0.2) is 115 Å². The lowest BCUT2D eigenvalue weighted by atomic mass is 10.0. The van der Waals surface area contributed by atoms with Crippen molar-refractivity contribution in [3.63, 3.8) is 0 Å². The zero-order valence-electron chi connectivity index (χ0n) is 21.3. The van der Waals surface area contributed by atoms with E-state index in [1.807, 2.05) is 0 Å². The Hall–Kier alpha value is -4.90. The van der Waals surface area contributed by atoms with E-state index >= 15 is 0 Å². The summed E-state index contributed by atoms with van der Waals surface area (Å²) < 4.78 is 0. The molecule has 1 heterocycles. The maximum absolute atomic E-state index is 10.1. The fourth-order valence-corrected chi connectivity index (χ4v) is 11.2. The monoisotopic (exact) mass is 503 g/mol. The minimum absolute atomic E-state index is 0.482. The van der Waals surface area contributed by atoms with Crippen LogP contribution in [0.4, 0.5) is 17.1 Å². The van der Waals surface area contributed by atoms with Crippen molar-refractivity contribution in [1.82, 2.24) is 0 Å². The molecular formula is C34H25N3Si. The molecule has 5 aromatic rings. The average molecular weight is 504 g/mol. The molecule has 0 spiro atoms. The zero-order valence-corrected chi connectivity index (χ0v) is 22.3. The van der Waals surface area contributed by atoms with Crippen molar-refractivity contribution < 1.29 is 0 Å². The van der Waals surface area contributed by atoms with Gasteiger partial charge in [-0.1, -0.05) is 102 Å². The number of para-hydroxylation sites is 1. The first-order valence-electron chi connectivity index (χ1n) is 12.7. The Labute approximate surface area is 224 Å². The van der Waals surface area contributed by atoms with Gasteiger partial charge in [-0.25, -0.2) is 0 Å². The van der Waals surface area contributed by atoms with Crippen LogP contribution in [0.5, 0.6) is 0 Å². The van der Waals surface area contributed by atoms with Crippen LogP contribution in [-0.2, 0) is 0 Å². The summed E-state index contributed by atoms with van der Waals surface area (Å²) in [5.74, 6) is 0. The van der Waals surface area contributed by atoms with Gasteiger partial charge in [-0.15, -0.1) is 0 Å².